The van der Waals surface area contributed by atoms with Gasteiger partial charge in [-0.25, -0.2) is 0 Å². The van der Waals surface area contributed by atoms with Gasteiger partial charge in [0, 0.05) is 19.5 Å². The summed E-state index contributed by atoms with van der Waals surface area (Å²) in [5.41, 5.74) is 1.66. The number of nitrogens with zero attached hydrogens (tertiary/aromatic N) is 3. The number of rotatable bonds is 6. The summed E-state index contributed by atoms with van der Waals surface area (Å²) in [5.74, 6) is 0.656. The van der Waals surface area contributed by atoms with E-state index >= 15 is 0 Å². The van der Waals surface area contributed by atoms with Gasteiger partial charge in [0.2, 0.25) is 11.8 Å². The van der Waals surface area contributed by atoms with Crippen LogP contribution in [0.2, 0.25) is 5.02 Å². The molecule has 25 heavy (non-hydrogen) atoms. The van der Waals surface area contributed by atoms with E-state index in [-0.39, 0.29) is 11.7 Å². The standard InChI is InChI=1S/C17H21ClN4O2S/c1-2-15-20-21-17(24-15)25-11-14(23)19-13-8-6-7-12(18)16(13)22-9-4-3-5-10-22/h6-8H,2-5,9-11H2,1H3,(H,19,23). The van der Waals surface area contributed by atoms with E-state index in [1.165, 1.54) is 18.2 Å². The number of hydrogen-bond acceptors (Lipinski definition) is 6. The van der Waals surface area contributed by atoms with E-state index in [0.717, 1.165) is 37.3 Å². The van der Waals surface area contributed by atoms with Crippen molar-refractivity contribution in [3.63, 3.8) is 0 Å². The fourth-order valence-electron chi connectivity index (χ4n) is 2.81. The smallest absolute Gasteiger partial charge is 0.277 e. The summed E-state index contributed by atoms with van der Waals surface area (Å²) in [6, 6.07) is 5.60. The number of nitrogens with one attached hydrogen (secondary N) is 1. The topological polar surface area (TPSA) is 71.3 Å². The zero-order valence-electron chi connectivity index (χ0n) is 14.1. The van der Waals surface area contributed by atoms with Crippen LogP contribution >= 0.6 is 23.4 Å². The molecular formula is C17H21ClN4O2S. The van der Waals surface area contributed by atoms with Crippen LogP contribution in [-0.4, -0.2) is 34.9 Å². The summed E-state index contributed by atoms with van der Waals surface area (Å²) in [6.07, 6.45) is 4.21. The maximum Gasteiger partial charge on any atom is 0.277 e. The Kier molecular flexibility index (Phi) is 6.20. The molecule has 1 fully saturated rings. The predicted octanol–water partition coefficient (Wildman–Crippen LogP) is 4.01. The van der Waals surface area contributed by atoms with Crippen molar-refractivity contribution in [2.24, 2.45) is 0 Å². The SMILES string of the molecule is CCc1nnc(SCC(=O)Nc2cccc(Cl)c2N2CCCCC2)o1. The number of aromatic nitrogens is 2. The average Bonchev–Trinajstić information content (AvgIpc) is 3.09. The molecule has 1 aromatic carbocycles. The molecule has 1 amide bonds. The minimum absolute atomic E-state index is 0.123. The van der Waals surface area contributed by atoms with Gasteiger partial charge in [-0.1, -0.05) is 36.4 Å². The third-order valence-corrected chi connectivity index (χ3v) is 5.13. The monoisotopic (exact) mass is 380 g/mol. The number of piperidine rings is 1. The molecule has 1 saturated heterocycles. The van der Waals surface area contributed by atoms with Gasteiger partial charge in [-0.05, 0) is 31.4 Å². The molecule has 0 bridgehead atoms. The van der Waals surface area contributed by atoms with Gasteiger partial charge in [0.05, 0.1) is 22.2 Å². The third-order valence-electron chi connectivity index (χ3n) is 4.01. The highest BCUT2D eigenvalue weighted by Crippen LogP contribution is 2.35. The molecule has 0 unspecified atom stereocenters. The molecule has 0 saturated carbocycles. The normalized spacial score (nSPS) is 14.6. The summed E-state index contributed by atoms with van der Waals surface area (Å²) in [7, 11) is 0. The Morgan fingerprint density at radius 1 is 1.32 bits per heavy atom. The van der Waals surface area contributed by atoms with Crippen molar-refractivity contribution in [1.29, 1.82) is 0 Å². The van der Waals surface area contributed by atoms with Crippen molar-refractivity contribution in [3.05, 3.63) is 29.1 Å². The summed E-state index contributed by atoms with van der Waals surface area (Å²) in [6.45, 7) is 3.86. The molecular weight excluding hydrogens is 360 g/mol. The van der Waals surface area contributed by atoms with E-state index in [1.54, 1.807) is 0 Å². The van der Waals surface area contributed by atoms with Crippen LogP contribution in [0.1, 0.15) is 32.1 Å². The predicted molar refractivity (Wildman–Crippen MR) is 101 cm³/mol. The number of hydrogen-bond donors (Lipinski definition) is 1. The van der Waals surface area contributed by atoms with Crippen molar-refractivity contribution in [2.75, 3.05) is 29.1 Å². The Morgan fingerprint density at radius 2 is 2.12 bits per heavy atom. The first-order valence-corrected chi connectivity index (χ1v) is 9.82. The highest BCUT2D eigenvalue weighted by molar-refractivity contribution is 7.99. The summed E-state index contributed by atoms with van der Waals surface area (Å²) in [4.78, 5) is 14.6. The van der Waals surface area contributed by atoms with Gasteiger partial charge in [0.25, 0.3) is 5.22 Å². The fourth-order valence-corrected chi connectivity index (χ4v) is 3.68. The van der Waals surface area contributed by atoms with Gasteiger partial charge in [-0.2, -0.15) is 0 Å². The fraction of sp³-hybridized carbons (Fsp3) is 0.471. The Morgan fingerprint density at radius 3 is 2.84 bits per heavy atom. The number of carbonyl (C=O) groups is 1. The van der Waals surface area contributed by atoms with E-state index in [2.05, 4.69) is 20.4 Å². The van der Waals surface area contributed by atoms with Crippen molar-refractivity contribution in [3.8, 4) is 0 Å². The number of amides is 1. The molecule has 8 heteroatoms. The van der Waals surface area contributed by atoms with E-state index < -0.39 is 0 Å². The lowest BCUT2D eigenvalue weighted by Crippen LogP contribution is -2.30. The van der Waals surface area contributed by atoms with Crippen LogP contribution in [0.5, 0.6) is 0 Å². The van der Waals surface area contributed by atoms with Gasteiger partial charge >= 0.3 is 0 Å². The van der Waals surface area contributed by atoms with Crippen LogP contribution < -0.4 is 10.2 Å². The highest BCUT2D eigenvalue weighted by atomic mass is 35.5. The Balaban J connectivity index is 1.65. The van der Waals surface area contributed by atoms with Crippen LogP contribution in [0.3, 0.4) is 0 Å². The largest absolute Gasteiger partial charge is 0.416 e. The lowest BCUT2D eigenvalue weighted by molar-refractivity contribution is -0.113. The molecule has 0 radical (unpaired) electrons. The summed E-state index contributed by atoms with van der Waals surface area (Å²) >= 11 is 7.64. The molecule has 6 nitrogen and oxygen atoms in total. The zero-order chi connectivity index (χ0) is 17.6. The number of thioether (sulfide) groups is 1. The van der Waals surface area contributed by atoms with Gasteiger partial charge in [0.1, 0.15) is 0 Å². The zero-order valence-corrected chi connectivity index (χ0v) is 15.7. The van der Waals surface area contributed by atoms with Crippen LogP contribution in [-0.2, 0) is 11.2 Å². The molecule has 134 valence electrons. The van der Waals surface area contributed by atoms with E-state index in [4.69, 9.17) is 16.0 Å². The van der Waals surface area contributed by atoms with Crippen molar-refractivity contribution >= 4 is 40.6 Å². The van der Waals surface area contributed by atoms with E-state index in [0.29, 0.717) is 22.6 Å². The number of benzene rings is 1. The third kappa shape index (κ3) is 4.67. The number of aryl methyl sites for hydroxylation is 1. The molecule has 3 rings (SSSR count). The van der Waals surface area contributed by atoms with Gasteiger partial charge in [-0.3, -0.25) is 4.79 Å². The average molecular weight is 381 g/mol. The van der Waals surface area contributed by atoms with Gasteiger partial charge in [0.15, 0.2) is 0 Å². The number of anilines is 2. The van der Waals surface area contributed by atoms with Gasteiger partial charge in [-0.15, -0.1) is 10.2 Å². The molecule has 0 atom stereocenters. The minimum Gasteiger partial charge on any atom is -0.416 e. The maximum atomic E-state index is 12.3. The lowest BCUT2D eigenvalue weighted by atomic mass is 10.1. The van der Waals surface area contributed by atoms with Crippen LogP contribution in [0.4, 0.5) is 11.4 Å². The quantitative estimate of drug-likeness (QED) is 0.763. The second-order valence-corrected chi connectivity index (χ2v) is 7.17. The number of carbonyl (C=O) groups excluding carboxylic acids is 1. The summed E-state index contributed by atoms with van der Waals surface area (Å²) in [5, 5.41) is 11.8. The molecule has 2 aromatic rings. The second kappa shape index (κ2) is 8.58. The molecule has 1 aromatic heterocycles. The number of para-hydroxylation sites is 1. The Bertz CT molecular complexity index is 731. The minimum atomic E-state index is -0.123. The molecule has 1 aliphatic rings. The van der Waals surface area contributed by atoms with Crippen LogP contribution in [0.15, 0.2) is 27.8 Å². The van der Waals surface area contributed by atoms with E-state index in [1.807, 2.05) is 25.1 Å². The Hall–Kier alpha value is -1.73. The molecule has 1 N–H and O–H groups in total. The van der Waals surface area contributed by atoms with Crippen LogP contribution in [0.25, 0.3) is 0 Å². The molecule has 2 heterocycles. The molecule has 0 spiro atoms. The first-order valence-electron chi connectivity index (χ1n) is 8.46. The van der Waals surface area contributed by atoms with Crippen molar-refractivity contribution in [1.82, 2.24) is 10.2 Å². The first kappa shape index (κ1) is 18.1. The van der Waals surface area contributed by atoms with Crippen molar-refractivity contribution in [2.45, 2.75) is 37.8 Å². The Labute approximate surface area is 156 Å². The summed E-state index contributed by atoms with van der Waals surface area (Å²) < 4.78 is 5.40. The van der Waals surface area contributed by atoms with E-state index in [9.17, 15) is 4.79 Å². The highest BCUT2D eigenvalue weighted by Gasteiger charge is 2.19. The maximum absolute atomic E-state index is 12.3. The van der Waals surface area contributed by atoms with Gasteiger partial charge < -0.3 is 14.6 Å². The second-order valence-electron chi connectivity index (χ2n) is 5.84. The first-order chi connectivity index (χ1) is 12.2. The van der Waals surface area contributed by atoms with Crippen LogP contribution in [0, 0.1) is 0 Å². The molecule has 1 aliphatic heterocycles. The number of halogens is 1. The molecule has 0 aliphatic carbocycles. The van der Waals surface area contributed by atoms with Crippen molar-refractivity contribution < 1.29 is 9.21 Å². The lowest BCUT2D eigenvalue weighted by Gasteiger charge is -2.31.